The summed E-state index contributed by atoms with van der Waals surface area (Å²) < 4.78 is 23.3. The zero-order valence-electron chi connectivity index (χ0n) is 9.16. The first kappa shape index (κ1) is 12.2. The van der Waals surface area contributed by atoms with Crippen LogP contribution in [0.5, 0.6) is 0 Å². The van der Waals surface area contributed by atoms with E-state index in [4.69, 9.17) is 0 Å². The molecule has 15 heavy (non-hydrogen) atoms. The average Bonchev–Trinajstić information content (AvgIpc) is 2.14. The molecule has 1 aromatic carbocycles. The van der Waals surface area contributed by atoms with Crippen molar-refractivity contribution >= 4 is 9.84 Å². The van der Waals surface area contributed by atoms with E-state index in [1.165, 1.54) is 0 Å². The standard InChI is InChI=1S/C11H17NO2S/c1-10-4-3-5-11(8-10)9-15(13,14)7-6-12-2/h3-5,8,12H,6-7,9H2,1-2H3. The van der Waals surface area contributed by atoms with Gasteiger partial charge in [-0.1, -0.05) is 29.8 Å². The second kappa shape index (κ2) is 5.28. The van der Waals surface area contributed by atoms with Gasteiger partial charge in [0.15, 0.2) is 9.84 Å². The molecule has 4 heteroatoms. The highest BCUT2D eigenvalue weighted by atomic mass is 32.2. The molecule has 1 N–H and O–H groups in total. The van der Waals surface area contributed by atoms with Crippen molar-refractivity contribution in [3.63, 3.8) is 0 Å². The summed E-state index contributed by atoms with van der Waals surface area (Å²) in [5, 5.41) is 2.84. The van der Waals surface area contributed by atoms with Crippen LogP contribution in [0.25, 0.3) is 0 Å². The van der Waals surface area contributed by atoms with Crippen LogP contribution in [0.4, 0.5) is 0 Å². The van der Waals surface area contributed by atoms with E-state index in [9.17, 15) is 8.42 Å². The Balaban J connectivity index is 2.69. The number of hydrogen-bond acceptors (Lipinski definition) is 3. The van der Waals surface area contributed by atoms with E-state index in [2.05, 4.69) is 5.32 Å². The Morgan fingerprint density at radius 1 is 1.33 bits per heavy atom. The van der Waals surface area contributed by atoms with Gasteiger partial charge in [0, 0.05) is 6.54 Å². The van der Waals surface area contributed by atoms with Gasteiger partial charge in [-0.15, -0.1) is 0 Å². The van der Waals surface area contributed by atoms with E-state index in [0.717, 1.165) is 11.1 Å². The maximum atomic E-state index is 11.6. The summed E-state index contributed by atoms with van der Waals surface area (Å²) in [6.45, 7) is 2.47. The minimum absolute atomic E-state index is 0.135. The van der Waals surface area contributed by atoms with Crippen molar-refractivity contribution in [1.82, 2.24) is 5.32 Å². The third-order valence-electron chi connectivity index (χ3n) is 2.13. The van der Waals surface area contributed by atoms with Gasteiger partial charge >= 0.3 is 0 Å². The van der Waals surface area contributed by atoms with Gasteiger partial charge < -0.3 is 5.32 Å². The molecule has 0 aliphatic rings. The maximum Gasteiger partial charge on any atom is 0.155 e. The van der Waals surface area contributed by atoms with E-state index in [0.29, 0.717) is 6.54 Å². The van der Waals surface area contributed by atoms with Crippen LogP contribution in [-0.4, -0.2) is 27.8 Å². The van der Waals surface area contributed by atoms with Gasteiger partial charge in [-0.3, -0.25) is 0 Å². The Hall–Kier alpha value is -0.870. The van der Waals surface area contributed by atoms with E-state index in [1.54, 1.807) is 7.05 Å². The highest BCUT2D eigenvalue weighted by Gasteiger charge is 2.10. The van der Waals surface area contributed by atoms with Crippen molar-refractivity contribution in [2.75, 3.05) is 19.3 Å². The summed E-state index contributed by atoms with van der Waals surface area (Å²) in [5.41, 5.74) is 1.96. The van der Waals surface area contributed by atoms with E-state index >= 15 is 0 Å². The number of benzene rings is 1. The first-order valence-electron chi connectivity index (χ1n) is 4.94. The summed E-state index contributed by atoms with van der Waals surface area (Å²) in [5.74, 6) is 0.327. The van der Waals surface area contributed by atoms with Crippen LogP contribution >= 0.6 is 0 Å². The molecular weight excluding hydrogens is 210 g/mol. The summed E-state index contributed by atoms with van der Waals surface area (Å²) in [4.78, 5) is 0. The summed E-state index contributed by atoms with van der Waals surface area (Å²) >= 11 is 0. The molecule has 0 radical (unpaired) electrons. The minimum Gasteiger partial charge on any atom is -0.319 e. The molecule has 0 heterocycles. The van der Waals surface area contributed by atoms with Gasteiger partial charge in [0.05, 0.1) is 11.5 Å². The lowest BCUT2D eigenvalue weighted by atomic mass is 10.2. The topological polar surface area (TPSA) is 46.2 Å². The molecule has 0 bridgehead atoms. The first-order valence-corrected chi connectivity index (χ1v) is 6.76. The highest BCUT2D eigenvalue weighted by molar-refractivity contribution is 7.90. The average molecular weight is 227 g/mol. The smallest absolute Gasteiger partial charge is 0.155 e. The molecule has 1 aromatic rings. The molecule has 0 aromatic heterocycles. The molecule has 84 valence electrons. The van der Waals surface area contributed by atoms with Gasteiger partial charge in [0.1, 0.15) is 0 Å². The molecule has 0 fully saturated rings. The zero-order valence-corrected chi connectivity index (χ0v) is 9.97. The van der Waals surface area contributed by atoms with Crippen molar-refractivity contribution in [2.24, 2.45) is 0 Å². The molecule has 0 aliphatic carbocycles. The van der Waals surface area contributed by atoms with E-state index < -0.39 is 9.84 Å². The largest absolute Gasteiger partial charge is 0.319 e. The predicted octanol–water partition coefficient (Wildman–Crippen LogP) is 1.13. The first-order chi connectivity index (χ1) is 7.03. The highest BCUT2D eigenvalue weighted by Crippen LogP contribution is 2.08. The fourth-order valence-corrected chi connectivity index (χ4v) is 2.73. The number of hydrogen-bond donors (Lipinski definition) is 1. The quantitative estimate of drug-likeness (QED) is 0.820. The zero-order chi connectivity index (χ0) is 11.3. The van der Waals surface area contributed by atoms with E-state index in [1.807, 2.05) is 31.2 Å². The van der Waals surface area contributed by atoms with Gasteiger partial charge in [-0.2, -0.15) is 0 Å². The molecule has 1 rings (SSSR count). The van der Waals surface area contributed by atoms with Crippen molar-refractivity contribution < 1.29 is 8.42 Å². The Bertz CT molecular complexity index is 412. The lowest BCUT2D eigenvalue weighted by Gasteiger charge is -2.04. The SMILES string of the molecule is CNCCS(=O)(=O)Cc1cccc(C)c1. The summed E-state index contributed by atoms with van der Waals surface area (Å²) in [6, 6.07) is 7.61. The molecule has 0 amide bonds. The predicted molar refractivity (Wildman–Crippen MR) is 62.6 cm³/mol. The third kappa shape index (κ3) is 4.44. The van der Waals surface area contributed by atoms with Crippen LogP contribution in [0, 0.1) is 6.92 Å². The molecule has 3 nitrogen and oxygen atoms in total. The molecule has 0 atom stereocenters. The molecular formula is C11H17NO2S. The Labute approximate surface area is 91.4 Å². The van der Waals surface area contributed by atoms with Crippen LogP contribution in [0.1, 0.15) is 11.1 Å². The fraction of sp³-hybridized carbons (Fsp3) is 0.455. The monoisotopic (exact) mass is 227 g/mol. The molecule has 0 spiro atoms. The van der Waals surface area contributed by atoms with Crippen LogP contribution < -0.4 is 5.32 Å². The van der Waals surface area contributed by atoms with Gasteiger partial charge in [-0.05, 0) is 19.5 Å². The minimum atomic E-state index is -2.98. The van der Waals surface area contributed by atoms with Crippen molar-refractivity contribution in [1.29, 1.82) is 0 Å². The fourth-order valence-electron chi connectivity index (χ4n) is 1.39. The molecule has 0 saturated carbocycles. The normalized spacial score (nSPS) is 11.6. The van der Waals surface area contributed by atoms with Crippen LogP contribution in [-0.2, 0) is 15.6 Å². The van der Waals surface area contributed by atoms with Crippen LogP contribution in [0.2, 0.25) is 0 Å². The van der Waals surface area contributed by atoms with Crippen LogP contribution in [0.15, 0.2) is 24.3 Å². The number of sulfone groups is 1. The molecule has 0 unspecified atom stereocenters. The van der Waals surface area contributed by atoms with Crippen LogP contribution in [0.3, 0.4) is 0 Å². The molecule has 0 saturated heterocycles. The van der Waals surface area contributed by atoms with Gasteiger partial charge in [0.2, 0.25) is 0 Å². The second-order valence-electron chi connectivity index (χ2n) is 3.68. The van der Waals surface area contributed by atoms with Crippen molar-refractivity contribution in [3.05, 3.63) is 35.4 Å². The maximum absolute atomic E-state index is 11.6. The lowest BCUT2D eigenvalue weighted by Crippen LogP contribution is -2.20. The molecule has 0 aliphatic heterocycles. The van der Waals surface area contributed by atoms with Gasteiger partial charge in [0.25, 0.3) is 0 Å². The van der Waals surface area contributed by atoms with Crippen molar-refractivity contribution in [3.8, 4) is 0 Å². The van der Waals surface area contributed by atoms with E-state index in [-0.39, 0.29) is 11.5 Å². The summed E-state index contributed by atoms with van der Waals surface area (Å²) in [7, 11) is -1.22. The third-order valence-corrected chi connectivity index (χ3v) is 3.73. The Kier molecular flexibility index (Phi) is 4.29. The Morgan fingerprint density at radius 3 is 2.67 bits per heavy atom. The Morgan fingerprint density at radius 2 is 2.07 bits per heavy atom. The number of nitrogens with one attached hydrogen (secondary N) is 1. The number of aryl methyl sites for hydroxylation is 1. The summed E-state index contributed by atoms with van der Waals surface area (Å²) in [6.07, 6.45) is 0. The number of rotatable bonds is 5. The lowest BCUT2D eigenvalue weighted by molar-refractivity contribution is 0.593. The van der Waals surface area contributed by atoms with Crippen molar-refractivity contribution in [2.45, 2.75) is 12.7 Å². The second-order valence-corrected chi connectivity index (χ2v) is 5.87. The van der Waals surface area contributed by atoms with Gasteiger partial charge in [-0.25, -0.2) is 8.42 Å².